The number of carbonyl (C=O) groups excluding carboxylic acids is 1. The fourth-order valence-corrected chi connectivity index (χ4v) is 4.95. The summed E-state index contributed by atoms with van der Waals surface area (Å²) in [5.74, 6) is -0.169. The van der Waals surface area contributed by atoms with Gasteiger partial charge in [-0.2, -0.15) is 8.78 Å². The number of carbonyl (C=O) groups is 1. The van der Waals surface area contributed by atoms with Crippen LogP contribution in [0.1, 0.15) is 29.3 Å². The molecule has 0 spiro atoms. The van der Waals surface area contributed by atoms with E-state index in [-0.39, 0.29) is 16.3 Å². The Kier molecular flexibility index (Phi) is 6.12. The highest BCUT2D eigenvalue weighted by Gasteiger charge is 2.35. The molecule has 5 rings (SSSR count). The van der Waals surface area contributed by atoms with Crippen molar-refractivity contribution in [2.45, 2.75) is 30.3 Å². The summed E-state index contributed by atoms with van der Waals surface area (Å²) in [6.07, 6.45) is 5.17. The van der Waals surface area contributed by atoms with Crippen LogP contribution in [0.3, 0.4) is 0 Å². The molecule has 2 atom stereocenters. The number of aromatic nitrogens is 1. The van der Waals surface area contributed by atoms with E-state index < -0.39 is 24.6 Å². The predicted molar refractivity (Wildman–Crippen MR) is 124 cm³/mol. The van der Waals surface area contributed by atoms with E-state index in [2.05, 4.69) is 37.8 Å². The van der Waals surface area contributed by atoms with Crippen molar-refractivity contribution in [3.63, 3.8) is 0 Å². The van der Waals surface area contributed by atoms with Gasteiger partial charge in [0.2, 0.25) is 0 Å². The normalized spacial score (nSPS) is 19.0. The Balaban J connectivity index is 1.54. The molecule has 2 unspecified atom stereocenters. The first kappa shape index (κ1) is 22.6. The van der Waals surface area contributed by atoms with Gasteiger partial charge in [-0.3, -0.25) is 4.90 Å². The van der Waals surface area contributed by atoms with Crippen molar-refractivity contribution >= 4 is 34.2 Å². The third kappa shape index (κ3) is 4.44. The molecule has 1 amide bonds. The Morgan fingerprint density at radius 2 is 1.79 bits per heavy atom. The number of aromatic amines is 1. The molecule has 9 heteroatoms. The van der Waals surface area contributed by atoms with Crippen molar-refractivity contribution in [1.82, 2.24) is 9.88 Å². The van der Waals surface area contributed by atoms with Crippen LogP contribution in [-0.2, 0) is 6.42 Å². The molecule has 2 aromatic carbocycles. The van der Waals surface area contributed by atoms with Crippen LogP contribution in [0.2, 0.25) is 0 Å². The quantitative estimate of drug-likeness (QED) is 0.498. The molecule has 0 fully saturated rings. The van der Waals surface area contributed by atoms with Gasteiger partial charge in [0.1, 0.15) is 23.4 Å². The van der Waals surface area contributed by atoms with Crippen molar-refractivity contribution in [3.8, 4) is 11.5 Å². The molecule has 34 heavy (non-hydrogen) atoms. The number of ether oxygens (including phenoxy) is 2. The molecule has 0 radical (unpaired) electrons. The van der Waals surface area contributed by atoms with E-state index in [1.54, 1.807) is 17.0 Å². The second-order valence-electron chi connectivity index (χ2n) is 8.08. The van der Waals surface area contributed by atoms with E-state index in [0.717, 1.165) is 28.2 Å². The highest BCUT2D eigenvalue weighted by atomic mass is 79.9. The van der Waals surface area contributed by atoms with E-state index in [1.807, 2.05) is 0 Å². The number of nitrogens with one attached hydrogen (secondary N) is 1. The summed E-state index contributed by atoms with van der Waals surface area (Å²) < 4.78 is 48.5. The second kappa shape index (κ2) is 9.21. The van der Waals surface area contributed by atoms with Crippen molar-refractivity contribution in [3.05, 3.63) is 81.7 Å². The van der Waals surface area contributed by atoms with Gasteiger partial charge in [0.15, 0.2) is 0 Å². The Morgan fingerprint density at radius 1 is 1.09 bits per heavy atom. The summed E-state index contributed by atoms with van der Waals surface area (Å²) >= 11 is 3.62. The number of nitrogens with zero attached hydrogens (tertiary/aromatic N) is 1. The summed E-state index contributed by atoms with van der Waals surface area (Å²) in [6.45, 7) is -2.53. The predicted octanol–water partition coefficient (Wildman–Crippen LogP) is 4.63. The zero-order chi connectivity index (χ0) is 23.8. The maximum absolute atomic E-state index is 13.3. The minimum absolute atomic E-state index is 0.0322. The Hall–Kier alpha value is -3.20. The molecule has 2 heterocycles. The van der Waals surface area contributed by atoms with Gasteiger partial charge < -0.3 is 14.5 Å². The molecule has 2 aliphatic rings. The average Bonchev–Trinajstić information content (AvgIpc) is 3.17. The number of H-pyrrole nitrogens is 1. The number of halogens is 4. The van der Waals surface area contributed by atoms with Gasteiger partial charge in [-0.1, -0.05) is 34.1 Å². The highest BCUT2D eigenvalue weighted by Crippen LogP contribution is 2.34. The minimum atomic E-state index is -2.92. The van der Waals surface area contributed by atoms with E-state index in [4.69, 9.17) is 4.74 Å². The molecule has 5 nitrogen and oxygen atoms in total. The van der Waals surface area contributed by atoms with Crippen LogP contribution in [0.25, 0.3) is 12.2 Å². The first-order valence-corrected chi connectivity index (χ1v) is 11.7. The lowest BCUT2D eigenvalue weighted by atomic mass is 9.93. The molecule has 1 aliphatic carbocycles. The third-order valence-corrected chi connectivity index (χ3v) is 6.60. The van der Waals surface area contributed by atoms with Gasteiger partial charge in [-0.05, 0) is 71.7 Å². The fraction of sp³-hybridized carbons (Fsp3) is 0.240. The number of hydrogen-bond acceptors (Lipinski definition) is 3. The number of amides is 1. The van der Waals surface area contributed by atoms with Crippen LogP contribution in [0, 0.1) is 5.82 Å². The highest BCUT2D eigenvalue weighted by molar-refractivity contribution is 9.09. The van der Waals surface area contributed by atoms with Crippen molar-refractivity contribution in [2.75, 3.05) is 6.54 Å². The zero-order valence-corrected chi connectivity index (χ0v) is 19.4. The molecule has 1 N–H and O–H groups in total. The molecule has 1 aliphatic heterocycles. The zero-order valence-electron chi connectivity index (χ0n) is 17.8. The molecule has 1 aromatic heterocycles. The topological polar surface area (TPSA) is 54.6 Å². The molecular weight excluding hydrogens is 513 g/mol. The summed E-state index contributed by atoms with van der Waals surface area (Å²) in [4.78, 5) is 18.5. The van der Waals surface area contributed by atoms with Gasteiger partial charge in [-0.15, -0.1) is 0 Å². The standard InChI is InChI=1S/C25H20BrF3N2O3/c26-15-3-10-19-20-11-12-31(25(32)34-18-8-4-16(27)5-9-18)23(22(20)30-21(19)13-15)14-1-6-17(7-2-14)33-24(28)29/h1-2,4-10,13,15,23-24,30H,3,11-12H2. The molecular formula is C25H20BrF3N2O3. The lowest BCUT2D eigenvalue weighted by molar-refractivity contribution is -0.0498. The van der Waals surface area contributed by atoms with Crippen molar-refractivity contribution in [1.29, 1.82) is 0 Å². The van der Waals surface area contributed by atoms with E-state index in [1.165, 1.54) is 36.4 Å². The average molecular weight is 533 g/mol. The number of rotatable bonds is 4. The summed E-state index contributed by atoms with van der Waals surface area (Å²) in [7, 11) is 0. The minimum Gasteiger partial charge on any atom is -0.435 e. The summed E-state index contributed by atoms with van der Waals surface area (Å²) in [5, 5.41) is 2.11. The molecule has 0 saturated heterocycles. The number of fused-ring (bicyclic) bond motifs is 3. The van der Waals surface area contributed by atoms with Gasteiger partial charge in [0.25, 0.3) is 0 Å². The van der Waals surface area contributed by atoms with Crippen LogP contribution in [-0.4, -0.2) is 34.0 Å². The lowest BCUT2D eigenvalue weighted by Gasteiger charge is -2.35. The second-order valence-corrected chi connectivity index (χ2v) is 9.26. The largest absolute Gasteiger partial charge is 0.435 e. The Morgan fingerprint density at radius 3 is 2.50 bits per heavy atom. The summed E-state index contributed by atoms with van der Waals surface area (Å²) in [6, 6.07) is 10.9. The van der Waals surface area contributed by atoms with Crippen molar-refractivity contribution < 1.29 is 27.4 Å². The van der Waals surface area contributed by atoms with Crippen LogP contribution >= 0.6 is 15.9 Å². The van der Waals surface area contributed by atoms with Crippen LogP contribution < -0.4 is 20.0 Å². The van der Waals surface area contributed by atoms with Gasteiger partial charge in [0.05, 0.1) is 0 Å². The fourth-order valence-electron chi connectivity index (χ4n) is 4.50. The molecule has 3 aromatic rings. The number of benzene rings is 2. The molecule has 0 saturated carbocycles. The van der Waals surface area contributed by atoms with Crippen LogP contribution in [0.15, 0.2) is 48.5 Å². The smallest absolute Gasteiger partial charge is 0.416 e. The van der Waals surface area contributed by atoms with Crippen LogP contribution in [0.5, 0.6) is 11.5 Å². The number of alkyl halides is 3. The maximum Gasteiger partial charge on any atom is 0.416 e. The maximum atomic E-state index is 13.3. The van der Waals surface area contributed by atoms with Crippen molar-refractivity contribution in [2.24, 2.45) is 0 Å². The van der Waals surface area contributed by atoms with Gasteiger partial charge in [0, 0.05) is 22.4 Å². The van der Waals surface area contributed by atoms with E-state index >= 15 is 0 Å². The SMILES string of the molecule is O=C(Oc1ccc(F)cc1)N1CCc2c([nH]c3c2=CCC(Br)C=3)C1c1ccc(OC(F)F)cc1. The monoisotopic (exact) mass is 532 g/mol. The lowest BCUT2D eigenvalue weighted by Crippen LogP contribution is -2.43. The van der Waals surface area contributed by atoms with E-state index in [0.29, 0.717) is 18.5 Å². The first-order chi connectivity index (χ1) is 16.4. The van der Waals surface area contributed by atoms with Crippen LogP contribution in [0.4, 0.5) is 18.0 Å². The van der Waals surface area contributed by atoms with Gasteiger partial charge >= 0.3 is 12.7 Å². The van der Waals surface area contributed by atoms with E-state index in [9.17, 15) is 18.0 Å². The Bertz CT molecular complexity index is 1320. The first-order valence-electron chi connectivity index (χ1n) is 10.7. The third-order valence-electron chi connectivity index (χ3n) is 5.97. The number of hydrogen-bond donors (Lipinski definition) is 1. The molecule has 176 valence electrons. The Labute approximate surface area is 201 Å². The molecule has 0 bridgehead atoms. The van der Waals surface area contributed by atoms with Gasteiger partial charge in [-0.25, -0.2) is 9.18 Å². The summed E-state index contributed by atoms with van der Waals surface area (Å²) in [5.41, 5.74) is 2.69.